The summed E-state index contributed by atoms with van der Waals surface area (Å²) in [5.74, 6) is -0.494. The molecule has 31 heavy (non-hydrogen) atoms. The zero-order chi connectivity index (χ0) is 22.6. The van der Waals surface area contributed by atoms with Crippen LogP contribution in [-0.4, -0.2) is 25.9 Å². The molecule has 1 aromatic heterocycles. The molecule has 2 aromatic carbocycles. The number of nitrogens with one attached hydrogen (secondary N) is 2. The van der Waals surface area contributed by atoms with Crippen LogP contribution in [0.15, 0.2) is 76.2 Å². The molecule has 1 atom stereocenters. The van der Waals surface area contributed by atoms with E-state index in [2.05, 4.69) is 34.3 Å². The van der Waals surface area contributed by atoms with Crippen LogP contribution in [0.2, 0.25) is 0 Å². The molecule has 0 radical (unpaired) electrons. The summed E-state index contributed by atoms with van der Waals surface area (Å²) in [6.45, 7) is 7.09. The minimum atomic E-state index is -3.83. The Kier molecular flexibility index (Phi) is 6.67. The van der Waals surface area contributed by atoms with Crippen LogP contribution in [0.5, 0.6) is 0 Å². The van der Waals surface area contributed by atoms with Crippen molar-refractivity contribution in [1.29, 1.82) is 0 Å². The van der Waals surface area contributed by atoms with E-state index in [1.165, 1.54) is 12.1 Å². The van der Waals surface area contributed by atoms with Gasteiger partial charge < -0.3 is 9.73 Å². The Bertz CT molecular complexity index is 1130. The fraction of sp³-hybridized carbons (Fsp3) is 0.292. The Morgan fingerprint density at radius 2 is 1.55 bits per heavy atom. The van der Waals surface area contributed by atoms with E-state index in [1.807, 2.05) is 37.3 Å². The summed E-state index contributed by atoms with van der Waals surface area (Å²) >= 11 is 0. The van der Waals surface area contributed by atoms with E-state index in [0.717, 1.165) is 16.7 Å². The first-order chi connectivity index (χ1) is 14.5. The van der Waals surface area contributed by atoms with E-state index in [9.17, 15) is 13.2 Å². The smallest absolute Gasteiger partial charge is 0.287 e. The number of carbonyl (C=O) groups is 1. The number of sulfonamides is 1. The van der Waals surface area contributed by atoms with Gasteiger partial charge in [-0.05, 0) is 62.9 Å². The van der Waals surface area contributed by atoms with Crippen molar-refractivity contribution in [3.8, 4) is 11.1 Å². The number of hydrogen-bond acceptors (Lipinski definition) is 4. The van der Waals surface area contributed by atoms with Crippen molar-refractivity contribution in [2.45, 2.75) is 50.8 Å². The molecule has 0 aliphatic rings. The second-order valence-corrected chi connectivity index (χ2v) is 10.2. The lowest BCUT2D eigenvalue weighted by atomic mass is 10.0. The van der Waals surface area contributed by atoms with Gasteiger partial charge in [-0.25, -0.2) is 13.1 Å². The summed E-state index contributed by atoms with van der Waals surface area (Å²) < 4.78 is 32.5. The Hall–Kier alpha value is -2.90. The van der Waals surface area contributed by atoms with E-state index in [1.54, 1.807) is 20.8 Å². The van der Waals surface area contributed by atoms with Gasteiger partial charge in [-0.1, -0.05) is 54.6 Å². The monoisotopic (exact) mass is 440 g/mol. The molecule has 1 unspecified atom stereocenters. The number of amides is 1. The van der Waals surface area contributed by atoms with E-state index in [0.29, 0.717) is 6.42 Å². The van der Waals surface area contributed by atoms with Crippen LogP contribution in [0.3, 0.4) is 0 Å². The Balaban J connectivity index is 1.60. The highest BCUT2D eigenvalue weighted by molar-refractivity contribution is 7.89. The maximum atomic E-state index is 12.5. The summed E-state index contributed by atoms with van der Waals surface area (Å²) in [6, 6.07) is 20.8. The normalized spacial score (nSPS) is 13.0. The topological polar surface area (TPSA) is 88.4 Å². The first kappa shape index (κ1) is 22.8. The van der Waals surface area contributed by atoms with Crippen molar-refractivity contribution >= 4 is 15.9 Å². The first-order valence-corrected chi connectivity index (χ1v) is 11.6. The Morgan fingerprint density at radius 1 is 0.935 bits per heavy atom. The van der Waals surface area contributed by atoms with Gasteiger partial charge in [0.05, 0.1) is 0 Å². The van der Waals surface area contributed by atoms with Gasteiger partial charge in [-0.3, -0.25) is 4.79 Å². The van der Waals surface area contributed by atoms with Gasteiger partial charge in [0, 0.05) is 11.6 Å². The minimum Gasteiger partial charge on any atom is -0.438 e. The molecule has 6 nitrogen and oxygen atoms in total. The van der Waals surface area contributed by atoms with Crippen molar-refractivity contribution in [3.05, 3.63) is 78.1 Å². The number of hydrogen-bond donors (Lipinski definition) is 2. The quantitative estimate of drug-likeness (QED) is 0.570. The van der Waals surface area contributed by atoms with Crippen LogP contribution in [0.4, 0.5) is 0 Å². The SMILES string of the molecule is CC(Cc1ccc(-c2ccccc2)cc1)NC(=O)c1ccc(S(=O)(=O)NC(C)(C)C)o1. The lowest BCUT2D eigenvalue weighted by Gasteiger charge is -2.19. The summed E-state index contributed by atoms with van der Waals surface area (Å²) in [6.07, 6.45) is 0.637. The molecule has 164 valence electrons. The van der Waals surface area contributed by atoms with Crippen LogP contribution >= 0.6 is 0 Å². The van der Waals surface area contributed by atoms with E-state index in [-0.39, 0.29) is 16.9 Å². The highest BCUT2D eigenvalue weighted by atomic mass is 32.2. The average molecular weight is 441 g/mol. The lowest BCUT2D eigenvalue weighted by molar-refractivity contribution is 0.0906. The third-order valence-corrected chi connectivity index (χ3v) is 6.12. The van der Waals surface area contributed by atoms with Crippen molar-refractivity contribution < 1.29 is 17.6 Å². The first-order valence-electron chi connectivity index (χ1n) is 10.1. The predicted octanol–water partition coefficient (Wildman–Crippen LogP) is 4.38. The molecule has 7 heteroatoms. The molecule has 0 bridgehead atoms. The van der Waals surface area contributed by atoms with E-state index in [4.69, 9.17) is 4.42 Å². The summed E-state index contributed by atoms with van der Waals surface area (Å²) in [7, 11) is -3.83. The summed E-state index contributed by atoms with van der Waals surface area (Å²) in [5.41, 5.74) is 2.72. The van der Waals surface area contributed by atoms with Crippen molar-refractivity contribution in [3.63, 3.8) is 0 Å². The number of benzene rings is 2. The van der Waals surface area contributed by atoms with Gasteiger partial charge in [0.15, 0.2) is 5.76 Å². The Morgan fingerprint density at radius 3 is 2.16 bits per heavy atom. The molecule has 0 saturated carbocycles. The van der Waals surface area contributed by atoms with Gasteiger partial charge >= 0.3 is 0 Å². The molecule has 2 N–H and O–H groups in total. The molecule has 1 amide bonds. The van der Waals surface area contributed by atoms with Gasteiger partial charge in [-0.2, -0.15) is 0 Å². The lowest BCUT2D eigenvalue weighted by Crippen LogP contribution is -2.40. The molecule has 1 heterocycles. The fourth-order valence-corrected chi connectivity index (χ4v) is 4.56. The largest absolute Gasteiger partial charge is 0.438 e. The third kappa shape index (κ3) is 6.29. The number of furan rings is 1. The van der Waals surface area contributed by atoms with Crippen LogP contribution in [0.1, 0.15) is 43.8 Å². The molecule has 0 aliphatic carbocycles. The van der Waals surface area contributed by atoms with Gasteiger partial charge in [0.25, 0.3) is 15.9 Å². The third-order valence-electron chi connectivity index (χ3n) is 4.49. The zero-order valence-electron chi connectivity index (χ0n) is 18.2. The van der Waals surface area contributed by atoms with Gasteiger partial charge in [-0.15, -0.1) is 0 Å². The second-order valence-electron chi connectivity index (χ2n) is 8.62. The van der Waals surface area contributed by atoms with Crippen LogP contribution in [-0.2, 0) is 16.4 Å². The molecule has 0 saturated heterocycles. The van der Waals surface area contributed by atoms with Crippen molar-refractivity contribution in [2.75, 3.05) is 0 Å². The number of rotatable bonds is 7. The predicted molar refractivity (Wildman–Crippen MR) is 121 cm³/mol. The molecular weight excluding hydrogens is 412 g/mol. The second kappa shape index (κ2) is 9.08. The van der Waals surface area contributed by atoms with E-state index < -0.39 is 21.5 Å². The van der Waals surface area contributed by atoms with E-state index >= 15 is 0 Å². The molecule has 0 fully saturated rings. The molecule has 0 spiro atoms. The Labute approximate surface area is 183 Å². The standard InChI is InChI=1S/C24H28N2O4S/c1-17(16-18-10-12-20(13-11-18)19-8-6-5-7-9-19)25-23(27)21-14-15-22(30-21)31(28,29)26-24(2,3)4/h5-15,17,26H,16H2,1-4H3,(H,25,27). The molecular formula is C24H28N2O4S. The maximum Gasteiger partial charge on any atom is 0.287 e. The van der Waals surface area contributed by atoms with Gasteiger partial charge in [0.2, 0.25) is 5.09 Å². The molecule has 0 aliphatic heterocycles. The summed E-state index contributed by atoms with van der Waals surface area (Å²) in [5, 5.41) is 2.58. The van der Waals surface area contributed by atoms with Crippen LogP contribution in [0.25, 0.3) is 11.1 Å². The highest BCUT2D eigenvalue weighted by Gasteiger charge is 2.26. The van der Waals surface area contributed by atoms with Crippen LogP contribution < -0.4 is 10.0 Å². The highest BCUT2D eigenvalue weighted by Crippen LogP contribution is 2.20. The summed E-state index contributed by atoms with van der Waals surface area (Å²) in [4.78, 5) is 12.5. The van der Waals surface area contributed by atoms with Gasteiger partial charge in [0.1, 0.15) is 0 Å². The average Bonchev–Trinajstić information content (AvgIpc) is 3.19. The minimum absolute atomic E-state index is 0.0411. The molecule has 3 aromatic rings. The number of carbonyl (C=O) groups excluding carboxylic acids is 1. The van der Waals surface area contributed by atoms with Crippen LogP contribution in [0, 0.1) is 0 Å². The zero-order valence-corrected chi connectivity index (χ0v) is 19.0. The molecule has 3 rings (SSSR count). The van der Waals surface area contributed by atoms with Crippen molar-refractivity contribution in [1.82, 2.24) is 10.0 Å². The van der Waals surface area contributed by atoms with Crippen molar-refractivity contribution in [2.24, 2.45) is 0 Å². The maximum absolute atomic E-state index is 12.5. The fourth-order valence-electron chi connectivity index (χ4n) is 3.20.